The summed E-state index contributed by atoms with van der Waals surface area (Å²) in [5, 5.41) is 3.25. The normalized spacial score (nSPS) is 14.7. The van der Waals surface area contributed by atoms with Gasteiger partial charge in [-0.05, 0) is 42.8 Å². The Morgan fingerprint density at radius 3 is 2.41 bits per heavy atom. The van der Waals surface area contributed by atoms with Crippen molar-refractivity contribution >= 4 is 5.91 Å². The van der Waals surface area contributed by atoms with E-state index in [1.165, 1.54) is 0 Å². The van der Waals surface area contributed by atoms with Crippen LogP contribution in [0.5, 0.6) is 11.5 Å². The Kier molecular flexibility index (Phi) is 4.39. The first-order valence-corrected chi connectivity index (χ1v) is 7.57. The molecule has 4 nitrogen and oxygen atoms in total. The van der Waals surface area contributed by atoms with Gasteiger partial charge in [-0.1, -0.05) is 18.2 Å². The molecule has 0 radical (unpaired) electrons. The van der Waals surface area contributed by atoms with E-state index in [4.69, 9.17) is 4.74 Å². The van der Waals surface area contributed by atoms with Gasteiger partial charge in [0.05, 0.1) is 0 Å². The van der Waals surface area contributed by atoms with Crippen LogP contribution < -0.4 is 10.1 Å². The maximum atomic E-state index is 12.4. The van der Waals surface area contributed by atoms with Crippen LogP contribution in [0.25, 0.3) is 0 Å². The van der Waals surface area contributed by atoms with Gasteiger partial charge in [-0.15, -0.1) is 0 Å². The topological polar surface area (TPSA) is 41.6 Å². The van der Waals surface area contributed by atoms with Gasteiger partial charge in [0.1, 0.15) is 11.5 Å². The molecule has 4 heteroatoms. The van der Waals surface area contributed by atoms with Crippen LogP contribution in [0.1, 0.15) is 15.9 Å². The zero-order chi connectivity index (χ0) is 15.4. The fraction of sp³-hybridized carbons (Fsp3) is 0.278. The summed E-state index contributed by atoms with van der Waals surface area (Å²) in [4.78, 5) is 14.3. The van der Waals surface area contributed by atoms with Gasteiger partial charge in [-0.25, -0.2) is 0 Å². The zero-order valence-corrected chi connectivity index (χ0v) is 12.7. The molecule has 1 N–H and O–H groups in total. The molecule has 2 aromatic carbocycles. The van der Waals surface area contributed by atoms with E-state index in [1.54, 1.807) is 0 Å². The van der Waals surface area contributed by atoms with E-state index in [0.717, 1.165) is 43.2 Å². The molecule has 1 saturated heterocycles. The summed E-state index contributed by atoms with van der Waals surface area (Å²) in [5.74, 6) is 1.67. The number of carbonyl (C=O) groups excluding carboxylic acids is 1. The van der Waals surface area contributed by atoms with Gasteiger partial charge in [0.2, 0.25) is 0 Å². The number of piperazine rings is 1. The van der Waals surface area contributed by atoms with Gasteiger partial charge in [-0.3, -0.25) is 4.79 Å². The second-order valence-corrected chi connectivity index (χ2v) is 5.43. The molecule has 1 aliphatic heterocycles. The van der Waals surface area contributed by atoms with Crippen LogP contribution in [0, 0.1) is 6.92 Å². The summed E-state index contributed by atoms with van der Waals surface area (Å²) in [6.45, 7) is 5.26. The van der Waals surface area contributed by atoms with E-state index >= 15 is 0 Å². The van der Waals surface area contributed by atoms with Crippen molar-refractivity contribution < 1.29 is 9.53 Å². The molecule has 1 fully saturated rings. The van der Waals surface area contributed by atoms with E-state index in [-0.39, 0.29) is 5.91 Å². The van der Waals surface area contributed by atoms with Crippen LogP contribution in [0.15, 0.2) is 48.5 Å². The minimum Gasteiger partial charge on any atom is -0.457 e. The highest BCUT2D eigenvalue weighted by atomic mass is 16.5. The Morgan fingerprint density at radius 2 is 1.73 bits per heavy atom. The van der Waals surface area contributed by atoms with Crippen LogP contribution in [0.4, 0.5) is 0 Å². The summed E-state index contributed by atoms with van der Waals surface area (Å²) < 4.78 is 5.85. The number of para-hydroxylation sites is 1. The van der Waals surface area contributed by atoms with Gasteiger partial charge in [0, 0.05) is 31.7 Å². The fourth-order valence-electron chi connectivity index (χ4n) is 2.51. The third kappa shape index (κ3) is 3.28. The highest BCUT2D eigenvalue weighted by molar-refractivity contribution is 5.94. The van der Waals surface area contributed by atoms with Crippen molar-refractivity contribution in [2.75, 3.05) is 26.2 Å². The van der Waals surface area contributed by atoms with Crippen molar-refractivity contribution in [1.29, 1.82) is 0 Å². The summed E-state index contributed by atoms with van der Waals surface area (Å²) in [6, 6.07) is 15.2. The average molecular weight is 296 g/mol. The van der Waals surface area contributed by atoms with Gasteiger partial charge in [-0.2, -0.15) is 0 Å². The van der Waals surface area contributed by atoms with Crippen molar-refractivity contribution in [3.63, 3.8) is 0 Å². The molecule has 1 amide bonds. The molecule has 2 aromatic rings. The van der Waals surface area contributed by atoms with Crippen LogP contribution in [-0.2, 0) is 0 Å². The minimum atomic E-state index is 0.0870. The average Bonchev–Trinajstić information content (AvgIpc) is 2.58. The Bertz CT molecular complexity index is 646. The third-order valence-electron chi connectivity index (χ3n) is 3.83. The molecular formula is C18H20N2O2. The molecule has 1 aliphatic rings. The van der Waals surface area contributed by atoms with Crippen molar-refractivity contribution in [2.24, 2.45) is 0 Å². The Balaban J connectivity index is 1.70. The molecule has 22 heavy (non-hydrogen) atoms. The lowest BCUT2D eigenvalue weighted by Crippen LogP contribution is -2.46. The third-order valence-corrected chi connectivity index (χ3v) is 3.83. The van der Waals surface area contributed by atoms with Crippen molar-refractivity contribution in [1.82, 2.24) is 10.2 Å². The molecule has 1 heterocycles. The minimum absolute atomic E-state index is 0.0870. The van der Waals surface area contributed by atoms with Crippen molar-refractivity contribution in [2.45, 2.75) is 6.92 Å². The number of hydrogen-bond acceptors (Lipinski definition) is 3. The standard InChI is InChI=1S/C18H20N2O2/c1-14-4-2-3-5-17(14)22-16-8-6-15(7-9-16)18(21)20-12-10-19-11-13-20/h2-9,19H,10-13H2,1H3. The summed E-state index contributed by atoms with van der Waals surface area (Å²) in [7, 11) is 0. The van der Waals surface area contributed by atoms with E-state index < -0.39 is 0 Å². The number of benzene rings is 2. The fourth-order valence-corrected chi connectivity index (χ4v) is 2.51. The van der Waals surface area contributed by atoms with E-state index in [2.05, 4.69) is 5.32 Å². The zero-order valence-electron chi connectivity index (χ0n) is 12.7. The molecule has 0 atom stereocenters. The van der Waals surface area contributed by atoms with Crippen LogP contribution in [0.3, 0.4) is 0 Å². The van der Waals surface area contributed by atoms with Crippen molar-refractivity contribution in [3.05, 3.63) is 59.7 Å². The first-order valence-electron chi connectivity index (χ1n) is 7.57. The lowest BCUT2D eigenvalue weighted by atomic mass is 10.1. The number of carbonyl (C=O) groups is 1. The quantitative estimate of drug-likeness (QED) is 0.947. The summed E-state index contributed by atoms with van der Waals surface area (Å²) in [6.07, 6.45) is 0. The number of aryl methyl sites for hydroxylation is 1. The number of ether oxygens (including phenoxy) is 1. The van der Waals surface area contributed by atoms with Crippen LogP contribution in [-0.4, -0.2) is 37.0 Å². The largest absolute Gasteiger partial charge is 0.457 e. The van der Waals surface area contributed by atoms with E-state index in [9.17, 15) is 4.79 Å². The predicted octanol–water partition coefficient (Wildman–Crippen LogP) is 2.83. The predicted molar refractivity (Wildman–Crippen MR) is 86.5 cm³/mol. The van der Waals surface area contributed by atoms with Crippen LogP contribution in [0.2, 0.25) is 0 Å². The smallest absolute Gasteiger partial charge is 0.253 e. The number of rotatable bonds is 3. The molecule has 0 bridgehead atoms. The Labute approximate surface area is 130 Å². The molecule has 0 unspecified atom stereocenters. The molecule has 0 saturated carbocycles. The molecule has 3 rings (SSSR count). The lowest BCUT2D eigenvalue weighted by Gasteiger charge is -2.27. The van der Waals surface area contributed by atoms with Gasteiger partial charge in [0.25, 0.3) is 5.91 Å². The van der Waals surface area contributed by atoms with E-state index in [1.807, 2.05) is 60.4 Å². The summed E-state index contributed by atoms with van der Waals surface area (Å²) >= 11 is 0. The van der Waals surface area contributed by atoms with Crippen LogP contribution >= 0.6 is 0 Å². The highest BCUT2D eigenvalue weighted by Gasteiger charge is 2.17. The first kappa shape index (κ1) is 14.6. The molecule has 0 spiro atoms. The summed E-state index contributed by atoms with van der Waals surface area (Å²) in [5.41, 5.74) is 1.79. The number of hydrogen-bond donors (Lipinski definition) is 1. The van der Waals surface area contributed by atoms with Gasteiger partial charge >= 0.3 is 0 Å². The monoisotopic (exact) mass is 296 g/mol. The molecule has 0 aliphatic carbocycles. The van der Waals surface area contributed by atoms with Gasteiger partial charge in [0.15, 0.2) is 0 Å². The maximum Gasteiger partial charge on any atom is 0.253 e. The number of amides is 1. The Morgan fingerprint density at radius 1 is 1.05 bits per heavy atom. The number of nitrogens with one attached hydrogen (secondary N) is 1. The Hall–Kier alpha value is -2.33. The van der Waals surface area contributed by atoms with Gasteiger partial charge < -0.3 is 15.0 Å². The van der Waals surface area contributed by atoms with Crippen molar-refractivity contribution in [3.8, 4) is 11.5 Å². The second-order valence-electron chi connectivity index (χ2n) is 5.43. The number of nitrogens with zero attached hydrogens (tertiary/aromatic N) is 1. The van der Waals surface area contributed by atoms with E-state index in [0.29, 0.717) is 5.56 Å². The highest BCUT2D eigenvalue weighted by Crippen LogP contribution is 2.25. The molecule has 0 aromatic heterocycles. The maximum absolute atomic E-state index is 12.4. The second kappa shape index (κ2) is 6.62. The lowest BCUT2D eigenvalue weighted by molar-refractivity contribution is 0.0736. The first-order chi connectivity index (χ1) is 10.7. The SMILES string of the molecule is Cc1ccccc1Oc1ccc(C(=O)N2CCNCC2)cc1. The molecular weight excluding hydrogens is 276 g/mol. The molecule has 114 valence electrons.